The lowest BCUT2D eigenvalue weighted by molar-refractivity contribution is -0.135. The monoisotopic (exact) mass is 324 g/mol. The third kappa shape index (κ3) is 6.45. The Kier molecular flexibility index (Phi) is 6.18. The first-order valence-electron chi connectivity index (χ1n) is 6.54. The van der Waals surface area contributed by atoms with Crippen molar-refractivity contribution in [2.75, 3.05) is 6.54 Å². The van der Waals surface area contributed by atoms with E-state index in [1.54, 1.807) is 19.1 Å². The van der Waals surface area contributed by atoms with Gasteiger partial charge in [-0.05, 0) is 37.5 Å². The average molecular weight is 324 g/mol. The van der Waals surface area contributed by atoms with Gasteiger partial charge in [0.15, 0.2) is 0 Å². The molecule has 1 unspecified atom stereocenters. The summed E-state index contributed by atoms with van der Waals surface area (Å²) in [6.45, 7) is 1.76. The van der Waals surface area contributed by atoms with Crippen LogP contribution < -0.4 is 10.5 Å². The van der Waals surface area contributed by atoms with Crippen LogP contribution in [0.25, 0.3) is 0 Å². The van der Waals surface area contributed by atoms with E-state index >= 15 is 0 Å². The van der Waals surface area contributed by atoms with Gasteiger partial charge < -0.3 is 5.73 Å². The van der Waals surface area contributed by atoms with Crippen molar-refractivity contribution in [1.29, 1.82) is 0 Å². The van der Waals surface area contributed by atoms with Gasteiger partial charge in [0, 0.05) is 19.0 Å². The number of nitrogens with two attached hydrogens (primary N) is 1. The lowest BCUT2D eigenvalue weighted by atomic mass is 10.1. The predicted molar refractivity (Wildman–Crippen MR) is 74.1 cm³/mol. The van der Waals surface area contributed by atoms with Crippen molar-refractivity contribution in [2.24, 2.45) is 5.73 Å². The van der Waals surface area contributed by atoms with Crippen molar-refractivity contribution in [2.45, 2.75) is 43.3 Å². The average Bonchev–Trinajstić information content (AvgIpc) is 2.37. The quantitative estimate of drug-likeness (QED) is 0.758. The molecule has 0 amide bonds. The van der Waals surface area contributed by atoms with E-state index in [0.29, 0.717) is 0 Å². The van der Waals surface area contributed by atoms with Gasteiger partial charge in [0.1, 0.15) is 0 Å². The number of unbranched alkanes of at least 4 members (excludes halogenated alkanes) is 1. The summed E-state index contributed by atoms with van der Waals surface area (Å²) in [5.74, 6) is 0. The van der Waals surface area contributed by atoms with E-state index < -0.39 is 22.6 Å². The standard InChI is InChI=1S/C13H19F3N2O2S/c1-10(17)11-4-6-12(7-5-11)21(19,20)18-9-3-2-8-13(14,15)16/h4-7,10,18H,2-3,8-9,17H2,1H3. The van der Waals surface area contributed by atoms with E-state index in [-0.39, 0.29) is 30.3 Å². The number of halogens is 3. The highest BCUT2D eigenvalue weighted by atomic mass is 32.2. The van der Waals surface area contributed by atoms with Crippen LogP contribution in [0.5, 0.6) is 0 Å². The molecule has 0 aliphatic carbocycles. The Labute approximate surface area is 122 Å². The van der Waals surface area contributed by atoms with E-state index in [1.807, 2.05) is 0 Å². The van der Waals surface area contributed by atoms with Crippen LogP contribution in [0.3, 0.4) is 0 Å². The smallest absolute Gasteiger partial charge is 0.324 e. The molecule has 0 radical (unpaired) electrons. The Hall–Kier alpha value is -1.12. The Bertz CT molecular complexity index is 540. The van der Waals surface area contributed by atoms with Crippen molar-refractivity contribution in [3.05, 3.63) is 29.8 Å². The molecule has 0 aromatic heterocycles. The van der Waals surface area contributed by atoms with Crippen molar-refractivity contribution < 1.29 is 21.6 Å². The van der Waals surface area contributed by atoms with Crippen LogP contribution >= 0.6 is 0 Å². The minimum atomic E-state index is -4.20. The van der Waals surface area contributed by atoms with Crippen LogP contribution in [0.2, 0.25) is 0 Å². The van der Waals surface area contributed by atoms with Crippen LogP contribution in [0.4, 0.5) is 13.2 Å². The molecule has 0 fully saturated rings. The molecule has 1 atom stereocenters. The van der Waals surface area contributed by atoms with E-state index in [0.717, 1.165) is 5.56 Å². The Morgan fingerprint density at radius 1 is 1.19 bits per heavy atom. The Morgan fingerprint density at radius 2 is 1.76 bits per heavy atom. The fourth-order valence-electron chi connectivity index (χ4n) is 1.69. The molecule has 1 rings (SSSR count). The highest BCUT2D eigenvalue weighted by Crippen LogP contribution is 2.22. The second kappa shape index (κ2) is 7.24. The maximum absolute atomic E-state index is 11.9. The second-order valence-corrected chi connectivity index (χ2v) is 6.59. The molecule has 3 N–H and O–H groups in total. The molecular formula is C13H19F3N2O2S. The third-order valence-electron chi connectivity index (χ3n) is 2.90. The van der Waals surface area contributed by atoms with E-state index in [1.165, 1.54) is 12.1 Å². The first-order valence-corrected chi connectivity index (χ1v) is 8.02. The molecule has 0 saturated heterocycles. The van der Waals surface area contributed by atoms with Gasteiger partial charge in [-0.3, -0.25) is 0 Å². The molecule has 8 heteroatoms. The summed E-state index contributed by atoms with van der Waals surface area (Å²) in [6, 6.07) is 5.89. The molecule has 21 heavy (non-hydrogen) atoms. The van der Waals surface area contributed by atoms with E-state index in [2.05, 4.69) is 4.72 Å². The largest absolute Gasteiger partial charge is 0.389 e. The molecule has 0 heterocycles. The number of rotatable bonds is 7. The normalized spacial score (nSPS) is 14.1. The zero-order valence-electron chi connectivity index (χ0n) is 11.7. The van der Waals surface area contributed by atoms with E-state index in [4.69, 9.17) is 5.73 Å². The Morgan fingerprint density at radius 3 is 2.24 bits per heavy atom. The van der Waals surface area contributed by atoms with Gasteiger partial charge in [-0.25, -0.2) is 13.1 Å². The molecule has 0 saturated carbocycles. The number of alkyl halides is 3. The number of hydrogen-bond donors (Lipinski definition) is 2. The minimum Gasteiger partial charge on any atom is -0.324 e. The summed E-state index contributed by atoms with van der Waals surface area (Å²) in [6.07, 6.45) is -5.07. The maximum atomic E-state index is 11.9. The first-order chi connectivity index (χ1) is 9.62. The van der Waals surface area contributed by atoms with Crippen LogP contribution in [-0.4, -0.2) is 21.1 Å². The Balaban J connectivity index is 2.50. The molecule has 0 bridgehead atoms. The molecule has 0 aliphatic rings. The molecule has 1 aromatic carbocycles. The van der Waals surface area contributed by atoms with Crippen molar-refractivity contribution >= 4 is 10.0 Å². The highest BCUT2D eigenvalue weighted by Gasteiger charge is 2.25. The first kappa shape index (κ1) is 17.9. The van der Waals surface area contributed by atoms with Gasteiger partial charge >= 0.3 is 6.18 Å². The van der Waals surface area contributed by atoms with Gasteiger partial charge in [0.05, 0.1) is 4.90 Å². The van der Waals surface area contributed by atoms with Gasteiger partial charge in [-0.15, -0.1) is 0 Å². The summed E-state index contributed by atoms with van der Waals surface area (Å²) in [5, 5.41) is 0. The fourth-order valence-corrected chi connectivity index (χ4v) is 2.76. The lowest BCUT2D eigenvalue weighted by Crippen LogP contribution is -2.25. The van der Waals surface area contributed by atoms with Crippen molar-refractivity contribution in [3.8, 4) is 0 Å². The maximum Gasteiger partial charge on any atom is 0.389 e. The summed E-state index contributed by atoms with van der Waals surface area (Å²) in [7, 11) is -3.69. The highest BCUT2D eigenvalue weighted by molar-refractivity contribution is 7.89. The topological polar surface area (TPSA) is 72.2 Å². The minimum absolute atomic E-state index is 0.0204. The van der Waals surface area contributed by atoms with E-state index in [9.17, 15) is 21.6 Å². The number of sulfonamides is 1. The number of nitrogens with one attached hydrogen (secondary N) is 1. The molecule has 0 aliphatic heterocycles. The van der Waals surface area contributed by atoms with Gasteiger partial charge in [0.2, 0.25) is 10.0 Å². The fraction of sp³-hybridized carbons (Fsp3) is 0.538. The second-order valence-electron chi connectivity index (χ2n) is 4.83. The lowest BCUT2D eigenvalue weighted by Gasteiger charge is -2.09. The van der Waals surface area contributed by atoms with Crippen molar-refractivity contribution in [1.82, 2.24) is 4.72 Å². The van der Waals surface area contributed by atoms with Gasteiger partial charge in [0.25, 0.3) is 0 Å². The molecule has 4 nitrogen and oxygen atoms in total. The number of benzene rings is 1. The number of hydrogen-bond acceptors (Lipinski definition) is 3. The summed E-state index contributed by atoms with van der Waals surface area (Å²) in [5.41, 5.74) is 6.47. The van der Waals surface area contributed by atoms with Crippen molar-refractivity contribution in [3.63, 3.8) is 0 Å². The molecule has 0 spiro atoms. The third-order valence-corrected chi connectivity index (χ3v) is 4.37. The summed E-state index contributed by atoms with van der Waals surface area (Å²) < 4.78 is 61.9. The van der Waals surface area contributed by atoms with Crippen LogP contribution in [0.15, 0.2) is 29.2 Å². The molecular weight excluding hydrogens is 305 g/mol. The molecule has 120 valence electrons. The van der Waals surface area contributed by atoms with Gasteiger partial charge in [-0.1, -0.05) is 12.1 Å². The summed E-state index contributed by atoms with van der Waals surface area (Å²) >= 11 is 0. The molecule has 1 aromatic rings. The zero-order valence-corrected chi connectivity index (χ0v) is 12.5. The van der Waals surface area contributed by atoms with Crippen LogP contribution in [-0.2, 0) is 10.0 Å². The summed E-state index contributed by atoms with van der Waals surface area (Å²) in [4.78, 5) is 0.0720. The van der Waals surface area contributed by atoms with Crippen LogP contribution in [0, 0.1) is 0 Å². The van der Waals surface area contributed by atoms with Crippen LogP contribution in [0.1, 0.15) is 37.8 Å². The van der Waals surface area contributed by atoms with Gasteiger partial charge in [-0.2, -0.15) is 13.2 Å². The SMILES string of the molecule is CC(N)c1ccc(S(=O)(=O)NCCCCC(F)(F)F)cc1. The predicted octanol–water partition coefficient (Wildman–Crippen LogP) is 2.72. The zero-order chi connectivity index (χ0) is 16.1.